The average molecular weight is 229 g/mol. The molecule has 0 atom stereocenters. The van der Waals surface area contributed by atoms with Crippen molar-refractivity contribution in [2.75, 3.05) is 0 Å². The summed E-state index contributed by atoms with van der Waals surface area (Å²) in [6.07, 6.45) is 0. The van der Waals surface area contributed by atoms with Crippen LogP contribution in [0.3, 0.4) is 0 Å². The number of aromatic nitrogens is 1. The summed E-state index contributed by atoms with van der Waals surface area (Å²) in [5, 5.41) is 10.1. The van der Waals surface area contributed by atoms with E-state index in [4.69, 9.17) is 5.11 Å². The third-order valence-electron chi connectivity index (χ3n) is 3.44. The number of nitrogens with zero attached hydrogens (tertiary/aromatic N) is 1. The van der Waals surface area contributed by atoms with Gasteiger partial charge in [-0.3, -0.25) is 4.98 Å². The second-order valence-electron chi connectivity index (χ2n) is 4.38. The number of carboxylic acids is 1. The van der Waals surface area contributed by atoms with E-state index in [9.17, 15) is 4.79 Å². The predicted molar refractivity (Wildman–Crippen MR) is 67.7 cm³/mol. The minimum absolute atomic E-state index is 0.352. The molecular weight excluding hydrogens is 214 g/mol. The summed E-state index contributed by atoms with van der Waals surface area (Å²) >= 11 is 0. The molecule has 1 N–H and O–H groups in total. The smallest absolute Gasteiger partial charge is 0.335 e. The van der Waals surface area contributed by atoms with Gasteiger partial charge in [0.1, 0.15) is 0 Å². The molecule has 1 aromatic carbocycles. The first kappa shape index (κ1) is 11.6. The van der Waals surface area contributed by atoms with Crippen LogP contribution in [-0.2, 0) is 0 Å². The van der Waals surface area contributed by atoms with Crippen LogP contribution in [0.1, 0.15) is 32.7 Å². The number of hydrogen-bond donors (Lipinski definition) is 1. The second kappa shape index (κ2) is 3.84. The topological polar surface area (TPSA) is 50.2 Å². The number of aryl methyl sites for hydroxylation is 3. The molecule has 0 spiro atoms. The molecule has 2 rings (SSSR count). The van der Waals surface area contributed by atoms with Gasteiger partial charge in [-0.1, -0.05) is 0 Å². The zero-order valence-electron chi connectivity index (χ0n) is 10.5. The van der Waals surface area contributed by atoms with Crippen molar-refractivity contribution in [3.8, 4) is 0 Å². The van der Waals surface area contributed by atoms with Gasteiger partial charge in [-0.2, -0.15) is 0 Å². The lowest BCUT2D eigenvalue weighted by molar-refractivity contribution is 0.0696. The van der Waals surface area contributed by atoms with Gasteiger partial charge >= 0.3 is 5.97 Å². The summed E-state index contributed by atoms with van der Waals surface area (Å²) in [5.41, 5.74) is 5.26. The molecule has 17 heavy (non-hydrogen) atoms. The monoisotopic (exact) mass is 229 g/mol. The molecule has 0 amide bonds. The van der Waals surface area contributed by atoms with E-state index in [0.717, 1.165) is 33.3 Å². The van der Waals surface area contributed by atoms with Crippen LogP contribution in [0.2, 0.25) is 0 Å². The number of hydrogen-bond acceptors (Lipinski definition) is 2. The first-order valence-corrected chi connectivity index (χ1v) is 5.54. The van der Waals surface area contributed by atoms with Crippen molar-refractivity contribution in [1.29, 1.82) is 0 Å². The van der Waals surface area contributed by atoms with E-state index in [1.54, 1.807) is 12.1 Å². The Kier molecular flexibility index (Phi) is 2.62. The average Bonchev–Trinajstić information content (AvgIpc) is 2.25. The van der Waals surface area contributed by atoms with Crippen molar-refractivity contribution in [1.82, 2.24) is 4.98 Å². The fraction of sp³-hybridized carbons (Fsp3) is 0.286. The van der Waals surface area contributed by atoms with Crippen molar-refractivity contribution in [2.24, 2.45) is 0 Å². The third-order valence-corrected chi connectivity index (χ3v) is 3.44. The fourth-order valence-electron chi connectivity index (χ4n) is 2.22. The zero-order valence-corrected chi connectivity index (χ0v) is 10.5. The van der Waals surface area contributed by atoms with Crippen LogP contribution < -0.4 is 0 Å². The number of carbonyl (C=O) groups is 1. The lowest BCUT2D eigenvalue weighted by Crippen LogP contribution is -2.03. The van der Waals surface area contributed by atoms with Crippen molar-refractivity contribution in [3.05, 3.63) is 40.1 Å². The van der Waals surface area contributed by atoms with Crippen LogP contribution in [-0.4, -0.2) is 16.1 Å². The van der Waals surface area contributed by atoms with Crippen molar-refractivity contribution in [2.45, 2.75) is 27.7 Å². The molecule has 1 aromatic heterocycles. The van der Waals surface area contributed by atoms with Gasteiger partial charge in [0.2, 0.25) is 0 Å². The maximum Gasteiger partial charge on any atom is 0.335 e. The first-order valence-electron chi connectivity index (χ1n) is 5.54. The van der Waals surface area contributed by atoms with Gasteiger partial charge in [-0.05, 0) is 56.5 Å². The number of fused-ring (bicyclic) bond motifs is 1. The van der Waals surface area contributed by atoms with Gasteiger partial charge in [0.25, 0.3) is 0 Å². The van der Waals surface area contributed by atoms with Crippen LogP contribution in [0.5, 0.6) is 0 Å². The molecule has 0 radical (unpaired) electrons. The minimum Gasteiger partial charge on any atom is -0.478 e. The Bertz CT molecular complexity index is 630. The van der Waals surface area contributed by atoms with Crippen LogP contribution in [0.4, 0.5) is 0 Å². The van der Waals surface area contributed by atoms with E-state index in [1.807, 2.05) is 27.7 Å². The van der Waals surface area contributed by atoms with E-state index in [0.29, 0.717) is 5.56 Å². The number of carboxylic acid groups (broad SMARTS) is 1. The summed E-state index contributed by atoms with van der Waals surface area (Å²) in [4.78, 5) is 15.6. The van der Waals surface area contributed by atoms with Crippen LogP contribution >= 0.6 is 0 Å². The molecule has 0 aliphatic rings. The highest BCUT2D eigenvalue weighted by Gasteiger charge is 2.14. The molecule has 0 aliphatic carbocycles. The van der Waals surface area contributed by atoms with E-state index in [-0.39, 0.29) is 0 Å². The molecule has 0 unspecified atom stereocenters. The highest BCUT2D eigenvalue weighted by atomic mass is 16.4. The Labute approximate surface area is 100 Å². The molecule has 3 nitrogen and oxygen atoms in total. The maximum absolute atomic E-state index is 11.1. The quantitative estimate of drug-likeness (QED) is 0.817. The molecule has 0 bridgehead atoms. The molecule has 3 heteroatoms. The molecule has 2 aromatic rings. The van der Waals surface area contributed by atoms with Crippen LogP contribution in [0, 0.1) is 27.7 Å². The molecule has 0 fully saturated rings. The predicted octanol–water partition coefficient (Wildman–Crippen LogP) is 3.17. The van der Waals surface area contributed by atoms with Gasteiger partial charge in [0.05, 0.1) is 11.1 Å². The highest BCUT2D eigenvalue weighted by molar-refractivity contribution is 5.98. The van der Waals surface area contributed by atoms with E-state index >= 15 is 0 Å². The van der Waals surface area contributed by atoms with Crippen molar-refractivity contribution < 1.29 is 9.90 Å². The highest BCUT2D eigenvalue weighted by Crippen LogP contribution is 2.27. The van der Waals surface area contributed by atoms with Crippen LogP contribution in [0.25, 0.3) is 10.9 Å². The third kappa shape index (κ3) is 1.68. The first-order chi connectivity index (χ1) is 7.93. The summed E-state index contributed by atoms with van der Waals surface area (Å²) < 4.78 is 0. The number of pyridine rings is 1. The fourth-order valence-corrected chi connectivity index (χ4v) is 2.22. The van der Waals surface area contributed by atoms with Gasteiger partial charge in [-0.15, -0.1) is 0 Å². The van der Waals surface area contributed by atoms with E-state index < -0.39 is 5.97 Å². The number of benzene rings is 1. The zero-order chi connectivity index (χ0) is 12.7. The Hall–Kier alpha value is -1.90. The Balaban J connectivity index is 2.95. The Morgan fingerprint density at radius 1 is 1.06 bits per heavy atom. The maximum atomic E-state index is 11.1. The van der Waals surface area contributed by atoms with Gasteiger partial charge < -0.3 is 5.11 Å². The van der Waals surface area contributed by atoms with Gasteiger partial charge in [0, 0.05) is 11.1 Å². The van der Waals surface area contributed by atoms with Gasteiger partial charge in [-0.25, -0.2) is 4.79 Å². The minimum atomic E-state index is -0.887. The summed E-state index contributed by atoms with van der Waals surface area (Å²) in [7, 11) is 0. The Morgan fingerprint density at radius 3 is 2.29 bits per heavy atom. The SMILES string of the molecule is Cc1nc2ccc(C(=O)O)c(C)c2c(C)c1C. The summed E-state index contributed by atoms with van der Waals surface area (Å²) in [6, 6.07) is 3.41. The lowest BCUT2D eigenvalue weighted by Gasteiger charge is -2.12. The number of rotatable bonds is 1. The van der Waals surface area contributed by atoms with Crippen molar-refractivity contribution in [3.63, 3.8) is 0 Å². The van der Waals surface area contributed by atoms with Gasteiger partial charge in [0.15, 0.2) is 0 Å². The molecule has 88 valence electrons. The van der Waals surface area contributed by atoms with E-state index in [2.05, 4.69) is 4.98 Å². The molecule has 1 heterocycles. The second-order valence-corrected chi connectivity index (χ2v) is 4.38. The summed E-state index contributed by atoms with van der Waals surface area (Å²) in [5.74, 6) is -0.887. The molecule has 0 saturated carbocycles. The molecule has 0 aliphatic heterocycles. The normalized spacial score (nSPS) is 10.8. The molecule has 0 saturated heterocycles. The molecular formula is C14H15NO2. The number of aromatic carboxylic acids is 1. The lowest BCUT2D eigenvalue weighted by atomic mass is 9.96. The summed E-state index contributed by atoms with van der Waals surface area (Å²) in [6.45, 7) is 7.85. The van der Waals surface area contributed by atoms with E-state index in [1.165, 1.54) is 0 Å². The largest absolute Gasteiger partial charge is 0.478 e. The van der Waals surface area contributed by atoms with Crippen LogP contribution in [0.15, 0.2) is 12.1 Å². The Morgan fingerprint density at radius 2 is 1.71 bits per heavy atom. The standard InChI is InChI=1S/C14H15NO2/c1-7-8(2)13-9(3)11(14(16)17)5-6-12(13)15-10(7)4/h5-6H,1-4H3,(H,16,17). The van der Waals surface area contributed by atoms with Crippen molar-refractivity contribution >= 4 is 16.9 Å².